The minimum absolute atomic E-state index is 0.00499. The Balaban J connectivity index is 2.64. The third-order valence-corrected chi connectivity index (χ3v) is 4.54. The van der Waals surface area contributed by atoms with Crippen LogP contribution in [-0.4, -0.2) is 17.5 Å². The molecule has 112 valence electrons. The van der Waals surface area contributed by atoms with Crippen molar-refractivity contribution in [2.24, 2.45) is 11.1 Å². The lowest BCUT2D eigenvalue weighted by molar-refractivity contribution is -0.132. The average Bonchev–Trinajstić information content (AvgIpc) is 2.30. The van der Waals surface area contributed by atoms with E-state index in [2.05, 4.69) is 33.4 Å². The van der Waals surface area contributed by atoms with Crippen LogP contribution in [0, 0.1) is 5.41 Å². The van der Waals surface area contributed by atoms with Crippen LogP contribution >= 0.6 is 15.9 Å². The summed E-state index contributed by atoms with van der Waals surface area (Å²) < 4.78 is 1.06. The molecule has 0 fully saturated rings. The van der Waals surface area contributed by atoms with Crippen molar-refractivity contribution < 1.29 is 4.79 Å². The molecule has 1 atom stereocenters. The van der Waals surface area contributed by atoms with E-state index in [1.807, 2.05) is 46.8 Å². The SMILES string of the molecule is CC(Cc1ccc(Br)cc1)NC(=O)C(C)(C)C(C)(C)N. The van der Waals surface area contributed by atoms with Crippen molar-refractivity contribution in [3.8, 4) is 0 Å². The number of nitrogens with one attached hydrogen (secondary N) is 1. The standard InChI is InChI=1S/C16H25BrN2O/c1-11(10-12-6-8-13(17)9-7-12)19-14(20)15(2,3)16(4,5)18/h6-9,11H,10,18H2,1-5H3,(H,19,20). The Labute approximate surface area is 130 Å². The highest BCUT2D eigenvalue weighted by atomic mass is 79.9. The van der Waals surface area contributed by atoms with Gasteiger partial charge in [0.2, 0.25) is 5.91 Å². The summed E-state index contributed by atoms with van der Waals surface area (Å²) in [6.07, 6.45) is 0.806. The summed E-state index contributed by atoms with van der Waals surface area (Å²) in [5, 5.41) is 3.06. The van der Waals surface area contributed by atoms with Crippen molar-refractivity contribution in [3.63, 3.8) is 0 Å². The van der Waals surface area contributed by atoms with Crippen molar-refractivity contribution in [1.29, 1.82) is 0 Å². The molecular formula is C16H25BrN2O. The van der Waals surface area contributed by atoms with E-state index in [4.69, 9.17) is 5.73 Å². The maximum Gasteiger partial charge on any atom is 0.227 e. The second kappa shape index (κ2) is 6.27. The summed E-state index contributed by atoms with van der Waals surface area (Å²) in [7, 11) is 0. The Hall–Kier alpha value is -0.870. The molecule has 0 saturated carbocycles. The first kappa shape index (κ1) is 17.2. The number of benzene rings is 1. The van der Waals surface area contributed by atoms with Gasteiger partial charge in [-0.1, -0.05) is 28.1 Å². The van der Waals surface area contributed by atoms with Gasteiger partial charge in [-0.2, -0.15) is 0 Å². The Bertz CT molecular complexity index is 460. The average molecular weight is 341 g/mol. The molecule has 0 saturated heterocycles. The van der Waals surface area contributed by atoms with Gasteiger partial charge < -0.3 is 11.1 Å². The molecule has 0 spiro atoms. The van der Waals surface area contributed by atoms with Crippen molar-refractivity contribution in [2.45, 2.75) is 52.6 Å². The minimum Gasteiger partial charge on any atom is -0.353 e. The van der Waals surface area contributed by atoms with Crippen LogP contribution in [0.15, 0.2) is 28.7 Å². The number of halogens is 1. The summed E-state index contributed by atoms with van der Waals surface area (Å²) >= 11 is 3.42. The van der Waals surface area contributed by atoms with E-state index in [9.17, 15) is 4.79 Å². The number of carbonyl (C=O) groups excluding carboxylic acids is 1. The van der Waals surface area contributed by atoms with Crippen LogP contribution in [0.5, 0.6) is 0 Å². The fourth-order valence-corrected chi connectivity index (χ4v) is 1.99. The first-order chi connectivity index (χ1) is 9.04. The van der Waals surface area contributed by atoms with Gasteiger partial charge in [0.1, 0.15) is 0 Å². The molecule has 0 heterocycles. The van der Waals surface area contributed by atoms with Gasteiger partial charge >= 0.3 is 0 Å². The van der Waals surface area contributed by atoms with Gasteiger partial charge in [-0.3, -0.25) is 4.79 Å². The van der Waals surface area contributed by atoms with E-state index < -0.39 is 11.0 Å². The van der Waals surface area contributed by atoms with Crippen molar-refractivity contribution >= 4 is 21.8 Å². The van der Waals surface area contributed by atoms with Crippen LogP contribution < -0.4 is 11.1 Å². The van der Waals surface area contributed by atoms with Crippen LogP contribution in [-0.2, 0) is 11.2 Å². The minimum atomic E-state index is -0.610. The van der Waals surface area contributed by atoms with E-state index in [1.165, 1.54) is 5.56 Å². The fourth-order valence-electron chi connectivity index (χ4n) is 1.72. The van der Waals surface area contributed by atoms with Gasteiger partial charge in [-0.25, -0.2) is 0 Å². The van der Waals surface area contributed by atoms with Crippen molar-refractivity contribution in [1.82, 2.24) is 5.32 Å². The Morgan fingerprint density at radius 1 is 1.25 bits per heavy atom. The maximum atomic E-state index is 12.4. The van der Waals surface area contributed by atoms with Gasteiger partial charge in [0.15, 0.2) is 0 Å². The summed E-state index contributed by atoms with van der Waals surface area (Å²) in [6, 6.07) is 8.22. The van der Waals surface area contributed by atoms with Gasteiger partial charge in [-0.05, 0) is 58.7 Å². The summed E-state index contributed by atoms with van der Waals surface area (Å²) in [4.78, 5) is 12.4. The Kier molecular flexibility index (Phi) is 5.39. The van der Waals surface area contributed by atoms with Crippen LogP contribution in [0.4, 0.5) is 0 Å². The van der Waals surface area contributed by atoms with Crippen molar-refractivity contribution in [3.05, 3.63) is 34.3 Å². The second-order valence-corrected chi connectivity index (χ2v) is 7.47. The molecule has 0 radical (unpaired) electrons. The first-order valence-corrected chi connectivity index (χ1v) is 7.67. The molecule has 3 N–H and O–H groups in total. The second-order valence-electron chi connectivity index (χ2n) is 6.55. The number of nitrogens with two attached hydrogens (primary N) is 1. The lowest BCUT2D eigenvalue weighted by Gasteiger charge is -2.37. The molecule has 0 aliphatic carbocycles. The van der Waals surface area contributed by atoms with Crippen molar-refractivity contribution in [2.75, 3.05) is 0 Å². The summed E-state index contributed by atoms with van der Waals surface area (Å²) in [5.41, 5.74) is 6.12. The van der Waals surface area contributed by atoms with E-state index in [0.29, 0.717) is 0 Å². The van der Waals surface area contributed by atoms with Crippen LogP contribution in [0.2, 0.25) is 0 Å². The number of rotatable bonds is 5. The highest BCUT2D eigenvalue weighted by molar-refractivity contribution is 9.10. The number of carbonyl (C=O) groups is 1. The van der Waals surface area contributed by atoms with Gasteiger partial charge in [0.05, 0.1) is 5.41 Å². The zero-order valence-corrected chi connectivity index (χ0v) is 14.5. The van der Waals surface area contributed by atoms with E-state index >= 15 is 0 Å². The molecule has 0 bridgehead atoms. The largest absolute Gasteiger partial charge is 0.353 e. The predicted octanol–water partition coefficient (Wildman–Crippen LogP) is 3.26. The van der Waals surface area contributed by atoms with Crippen LogP contribution in [0.3, 0.4) is 0 Å². The molecule has 1 aromatic carbocycles. The Morgan fingerprint density at radius 2 is 1.75 bits per heavy atom. The molecule has 1 amide bonds. The molecule has 3 nitrogen and oxygen atoms in total. The van der Waals surface area contributed by atoms with Gasteiger partial charge in [0, 0.05) is 16.1 Å². The molecule has 0 aliphatic heterocycles. The summed E-state index contributed by atoms with van der Waals surface area (Å²) in [5.74, 6) is -0.00499. The lowest BCUT2D eigenvalue weighted by atomic mass is 9.74. The zero-order chi connectivity index (χ0) is 15.6. The Morgan fingerprint density at radius 3 is 2.20 bits per heavy atom. The topological polar surface area (TPSA) is 55.1 Å². The lowest BCUT2D eigenvalue weighted by Crippen LogP contribution is -2.56. The highest BCUT2D eigenvalue weighted by Crippen LogP contribution is 2.28. The molecule has 20 heavy (non-hydrogen) atoms. The van der Waals surface area contributed by atoms with E-state index in [-0.39, 0.29) is 11.9 Å². The predicted molar refractivity (Wildman–Crippen MR) is 87.5 cm³/mol. The smallest absolute Gasteiger partial charge is 0.227 e. The molecule has 1 aromatic rings. The molecular weight excluding hydrogens is 316 g/mol. The summed E-state index contributed by atoms with van der Waals surface area (Å²) in [6.45, 7) is 9.54. The third-order valence-electron chi connectivity index (χ3n) is 4.01. The quantitative estimate of drug-likeness (QED) is 0.864. The number of amides is 1. The van der Waals surface area contributed by atoms with Gasteiger partial charge in [0.25, 0.3) is 0 Å². The van der Waals surface area contributed by atoms with E-state index in [0.717, 1.165) is 10.9 Å². The number of hydrogen-bond donors (Lipinski definition) is 2. The maximum absolute atomic E-state index is 12.4. The molecule has 0 aliphatic rings. The monoisotopic (exact) mass is 340 g/mol. The molecule has 0 aromatic heterocycles. The first-order valence-electron chi connectivity index (χ1n) is 6.88. The third kappa shape index (κ3) is 4.32. The fraction of sp³-hybridized carbons (Fsp3) is 0.562. The molecule has 1 unspecified atom stereocenters. The van der Waals surface area contributed by atoms with Crippen LogP contribution in [0.25, 0.3) is 0 Å². The molecule has 1 rings (SSSR count). The number of hydrogen-bond acceptors (Lipinski definition) is 2. The van der Waals surface area contributed by atoms with E-state index in [1.54, 1.807) is 0 Å². The highest BCUT2D eigenvalue weighted by Gasteiger charge is 2.40. The van der Waals surface area contributed by atoms with Gasteiger partial charge in [-0.15, -0.1) is 0 Å². The van der Waals surface area contributed by atoms with Crippen LogP contribution in [0.1, 0.15) is 40.2 Å². The zero-order valence-electron chi connectivity index (χ0n) is 13.0. The normalized spacial score (nSPS) is 13.9. The molecule has 4 heteroatoms.